The average Bonchev–Trinajstić information content (AvgIpc) is 3.03. The summed E-state index contributed by atoms with van der Waals surface area (Å²) >= 11 is 4.89. The lowest BCUT2D eigenvalue weighted by Gasteiger charge is -2.27. The zero-order valence-corrected chi connectivity index (χ0v) is 17.7. The van der Waals surface area contributed by atoms with Crippen LogP contribution in [0, 0.1) is 0 Å². The molecule has 2 aromatic rings. The molecule has 2 aromatic carbocycles. The number of nitrogens with one attached hydrogen (secondary N) is 1. The van der Waals surface area contributed by atoms with Gasteiger partial charge < -0.3 is 9.45 Å². The largest absolute Gasteiger partial charge is 0.598 e. The van der Waals surface area contributed by atoms with Crippen molar-refractivity contribution in [1.82, 2.24) is 4.72 Å². The van der Waals surface area contributed by atoms with E-state index < -0.39 is 11.4 Å². The van der Waals surface area contributed by atoms with Crippen molar-refractivity contribution in [2.45, 2.75) is 44.9 Å². The number of fused-ring (bicyclic) bond motifs is 1. The molecule has 6 heteroatoms. The zero-order valence-electron chi connectivity index (χ0n) is 16.1. The molecule has 4 nitrogen and oxygen atoms in total. The van der Waals surface area contributed by atoms with Gasteiger partial charge in [-0.25, -0.2) is 0 Å². The first-order chi connectivity index (χ1) is 12.7. The summed E-state index contributed by atoms with van der Waals surface area (Å²) in [4.78, 5) is 14.7. The second-order valence-electron chi connectivity index (χ2n) is 7.83. The van der Waals surface area contributed by atoms with Crippen molar-refractivity contribution < 1.29 is 9.35 Å². The number of hydrogen-bond acceptors (Lipinski definition) is 3. The van der Waals surface area contributed by atoms with E-state index in [0.29, 0.717) is 17.1 Å². The Morgan fingerprint density at radius 1 is 1.26 bits per heavy atom. The van der Waals surface area contributed by atoms with Gasteiger partial charge in [0.25, 0.3) is 5.91 Å². The van der Waals surface area contributed by atoms with Crippen LogP contribution in [0.25, 0.3) is 0 Å². The summed E-state index contributed by atoms with van der Waals surface area (Å²) in [5.41, 5.74) is 3.74. The smallest absolute Gasteiger partial charge is 0.258 e. The van der Waals surface area contributed by atoms with Crippen LogP contribution in [0.1, 0.15) is 55.2 Å². The number of carbonyl (C=O) groups excluding carboxylic acids is 1. The predicted octanol–water partition coefficient (Wildman–Crippen LogP) is 4.66. The van der Waals surface area contributed by atoms with E-state index in [4.69, 9.17) is 11.6 Å². The van der Waals surface area contributed by atoms with Gasteiger partial charge in [-0.05, 0) is 69.5 Å². The Bertz CT molecular complexity index is 850. The molecule has 3 rings (SSSR count). The molecule has 27 heavy (non-hydrogen) atoms. The van der Waals surface area contributed by atoms with Crippen molar-refractivity contribution in [3.8, 4) is 0 Å². The van der Waals surface area contributed by atoms with Gasteiger partial charge in [0.1, 0.15) is 4.75 Å². The van der Waals surface area contributed by atoms with E-state index in [0.717, 1.165) is 23.2 Å². The van der Waals surface area contributed by atoms with Crippen LogP contribution < -0.4 is 9.62 Å². The lowest BCUT2D eigenvalue weighted by molar-refractivity contribution is 0.0989. The molecule has 144 valence electrons. The van der Waals surface area contributed by atoms with Gasteiger partial charge in [0.05, 0.1) is 6.04 Å². The summed E-state index contributed by atoms with van der Waals surface area (Å²) in [6, 6.07) is 13.1. The Kier molecular flexibility index (Phi) is 5.87. The first-order valence-corrected chi connectivity index (χ1v) is 10.6. The topological polar surface area (TPSA) is 55.4 Å². The summed E-state index contributed by atoms with van der Waals surface area (Å²) in [5.74, 6) is -0.0380. The van der Waals surface area contributed by atoms with Gasteiger partial charge in [-0.2, -0.15) is 0 Å². The Balaban J connectivity index is 1.78. The number of amides is 1. The van der Waals surface area contributed by atoms with Crippen molar-refractivity contribution in [1.29, 1.82) is 0 Å². The van der Waals surface area contributed by atoms with Crippen LogP contribution in [0.3, 0.4) is 0 Å². The minimum Gasteiger partial charge on any atom is -0.598 e. The Morgan fingerprint density at radius 3 is 2.67 bits per heavy atom. The fraction of sp³-hybridized carbons (Fsp3) is 0.381. The standard InChI is InChI=1S/C21H25ClN2O2S/c1-14(23-27(26)21(2,3)4)15-8-9-19-16(12-15)10-11-24(19)20(25)17-6-5-7-18(22)13-17/h5-9,12-14,23H,10-11H2,1-4H3/t14-,27?/m1/s1. The molecule has 0 spiro atoms. The number of rotatable bonds is 4. The predicted molar refractivity (Wildman–Crippen MR) is 113 cm³/mol. The highest BCUT2D eigenvalue weighted by molar-refractivity contribution is 7.90. The van der Waals surface area contributed by atoms with E-state index in [9.17, 15) is 9.35 Å². The molecule has 0 aliphatic carbocycles. The fourth-order valence-corrected chi connectivity index (χ4v) is 4.09. The van der Waals surface area contributed by atoms with Crippen molar-refractivity contribution in [3.05, 3.63) is 64.2 Å². The molecule has 1 unspecified atom stereocenters. The Hall–Kier alpha value is -1.53. The van der Waals surface area contributed by atoms with Gasteiger partial charge in [-0.15, -0.1) is 4.72 Å². The van der Waals surface area contributed by atoms with E-state index in [1.165, 1.54) is 0 Å². The molecule has 1 heterocycles. The van der Waals surface area contributed by atoms with Crippen LogP contribution in [0.4, 0.5) is 5.69 Å². The molecule has 1 amide bonds. The zero-order chi connectivity index (χ0) is 19.8. The van der Waals surface area contributed by atoms with Gasteiger partial charge in [0.2, 0.25) is 0 Å². The van der Waals surface area contributed by atoms with Gasteiger partial charge in [-0.3, -0.25) is 4.79 Å². The summed E-state index contributed by atoms with van der Waals surface area (Å²) in [7, 11) is 0. The normalized spacial score (nSPS) is 16.1. The SMILES string of the molecule is C[C@@H](N[S+]([O-])C(C)(C)C)c1ccc2c(c1)CCN2C(=O)c1cccc(Cl)c1. The summed E-state index contributed by atoms with van der Waals surface area (Å²) in [6.45, 7) is 8.51. The van der Waals surface area contributed by atoms with Gasteiger partial charge in [0.15, 0.2) is 0 Å². The number of anilines is 1. The molecule has 0 aromatic heterocycles. The van der Waals surface area contributed by atoms with Crippen LogP contribution in [0.2, 0.25) is 5.02 Å². The molecule has 1 N–H and O–H groups in total. The number of nitrogens with zero attached hydrogens (tertiary/aromatic N) is 1. The highest BCUT2D eigenvalue weighted by atomic mass is 35.5. The van der Waals surface area contributed by atoms with Gasteiger partial charge in [-0.1, -0.05) is 29.8 Å². The average molecular weight is 405 g/mol. The van der Waals surface area contributed by atoms with Crippen LogP contribution in [-0.2, 0) is 17.8 Å². The lowest BCUT2D eigenvalue weighted by Crippen LogP contribution is -2.40. The third-order valence-electron chi connectivity index (χ3n) is 4.66. The quantitative estimate of drug-likeness (QED) is 0.754. The number of halogens is 1. The highest BCUT2D eigenvalue weighted by Gasteiger charge is 2.30. The van der Waals surface area contributed by atoms with Crippen LogP contribution in [0.5, 0.6) is 0 Å². The van der Waals surface area contributed by atoms with Crippen LogP contribution in [-0.4, -0.2) is 21.8 Å². The number of carbonyl (C=O) groups is 1. The Labute approximate surface area is 169 Å². The van der Waals surface area contributed by atoms with Crippen molar-refractivity contribution >= 4 is 34.6 Å². The molecule has 2 atom stereocenters. The molecule has 1 aliphatic rings. The maximum Gasteiger partial charge on any atom is 0.258 e. The van der Waals surface area contributed by atoms with E-state index in [1.54, 1.807) is 29.2 Å². The van der Waals surface area contributed by atoms with Gasteiger partial charge >= 0.3 is 0 Å². The van der Waals surface area contributed by atoms with Crippen molar-refractivity contribution in [2.24, 2.45) is 0 Å². The second-order valence-corrected chi connectivity index (χ2v) is 10.3. The van der Waals surface area contributed by atoms with E-state index >= 15 is 0 Å². The van der Waals surface area contributed by atoms with E-state index in [2.05, 4.69) is 10.8 Å². The van der Waals surface area contributed by atoms with E-state index in [-0.39, 0.29) is 16.7 Å². The maximum absolute atomic E-state index is 12.9. The fourth-order valence-electron chi connectivity index (χ4n) is 3.08. The number of benzene rings is 2. The van der Waals surface area contributed by atoms with Gasteiger partial charge in [0, 0.05) is 34.2 Å². The second kappa shape index (κ2) is 7.84. The molecule has 0 bridgehead atoms. The minimum absolute atomic E-state index is 0.0342. The first-order valence-electron chi connectivity index (χ1n) is 9.05. The first kappa shape index (κ1) is 20.2. The Morgan fingerprint density at radius 2 is 2.00 bits per heavy atom. The molecular weight excluding hydrogens is 380 g/mol. The summed E-state index contributed by atoms with van der Waals surface area (Å²) in [6.07, 6.45) is 0.810. The minimum atomic E-state index is -1.13. The lowest BCUT2D eigenvalue weighted by atomic mass is 10.0. The molecule has 0 fully saturated rings. The molecule has 0 radical (unpaired) electrons. The molecular formula is C21H25ClN2O2S. The monoisotopic (exact) mass is 404 g/mol. The molecule has 1 aliphatic heterocycles. The van der Waals surface area contributed by atoms with Crippen molar-refractivity contribution in [3.63, 3.8) is 0 Å². The van der Waals surface area contributed by atoms with Crippen LogP contribution >= 0.6 is 11.6 Å². The summed E-state index contributed by atoms with van der Waals surface area (Å²) < 4.78 is 15.2. The van der Waals surface area contributed by atoms with Crippen molar-refractivity contribution in [2.75, 3.05) is 11.4 Å². The molecule has 0 saturated carbocycles. The maximum atomic E-state index is 12.9. The third kappa shape index (κ3) is 4.49. The summed E-state index contributed by atoms with van der Waals surface area (Å²) in [5, 5.41) is 0.558. The third-order valence-corrected chi connectivity index (χ3v) is 6.57. The number of hydrogen-bond donors (Lipinski definition) is 1. The highest BCUT2D eigenvalue weighted by Crippen LogP contribution is 2.32. The van der Waals surface area contributed by atoms with E-state index in [1.807, 2.05) is 39.8 Å². The van der Waals surface area contributed by atoms with Crippen LogP contribution in [0.15, 0.2) is 42.5 Å². The molecule has 0 saturated heterocycles.